The Morgan fingerprint density at radius 2 is 2.39 bits per heavy atom. The molecule has 1 aliphatic rings. The number of rotatable bonds is 6. The molecule has 23 heavy (non-hydrogen) atoms. The van der Waals surface area contributed by atoms with Gasteiger partial charge in [0.15, 0.2) is 5.13 Å². The van der Waals surface area contributed by atoms with E-state index in [1.165, 1.54) is 17.8 Å². The van der Waals surface area contributed by atoms with Crippen molar-refractivity contribution in [3.8, 4) is 0 Å². The van der Waals surface area contributed by atoms with Gasteiger partial charge in [0.05, 0.1) is 0 Å². The molecule has 122 valence electrons. The molecule has 1 atom stereocenters. The number of hydrogen-bond acceptors (Lipinski definition) is 4. The number of nitrogens with one attached hydrogen (secondary N) is 2. The standard InChI is InChI=1S/C17H20ClN3OS/c18-14-3-1-2-13(8-14)9-15-11-20-17(23-15)21-16(22)5-4-12-6-7-19-10-12/h1-3,8,11-12,19H,4-7,9-10H2,(H,20,21,22). The molecule has 1 fully saturated rings. The van der Waals surface area contributed by atoms with Gasteiger partial charge in [-0.2, -0.15) is 0 Å². The maximum atomic E-state index is 12.0. The third-order valence-electron chi connectivity index (χ3n) is 4.01. The number of carbonyl (C=O) groups excluding carboxylic acids is 1. The van der Waals surface area contributed by atoms with E-state index in [0.717, 1.165) is 41.4 Å². The highest BCUT2D eigenvalue weighted by Gasteiger charge is 2.16. The van der Waals surface area contributed by atoms with Crippen LogP contribution in [0.15, 0.2) is 30.5 Å². The van der Waals surface area contributed by atoms with Crippen LogP contribution in [-0.4, -0.2) is 24.0 Å². The maximum absolute atomic E-state index is 12.0. The van der Waals surface area contributed by atoms with Gasteiger partial charge in [-0.05, 0) is 49.5 Å². The van der Waals surface area contributed by atoms with Gasteiger partial charge in [-0.1, -0.05) is 23.7 Å². The van der Waals surface area contributed by atoms with Crippen LogP contribution in [0.25, 0.3) is 0 Å². The lowest BCUT2D eigenvalue weighted by Crippen LogP contribution is -2.14. The lowest BCUT2D eigenvalue weighted by molar-refractivity contribution is -0.116. The first kappa shape index (κ1) is 16.4. The fourth-order valence-corrected chi connectivity index (χ4v) is 3.85. The largest absolute Gasteiger partial charge is 0.316 e. The highest BCUT2D eigenvalue weighted by atomic mass is 35.5. The van der Waals surface area contributed by atoms with Gasteiger partial charge in [0.25, 0.3) is 0 Å². The highest BCUT2D eigenvalue weighted by Crippen LogP contribution is 2.23. The monoisotopic (exact) mass is 349 g/mol. The van der Waals surface area contributed by atoms with E-state index in [0.29, 0.717) is 17.5 Å². The van der Waals surface area contributed by atoms with Crippen LogP contribution >= 0.6 is 22.9 Å². The van der Waals surface area contributed by atoms with E-state index in [1.807, 2.05) is 30.5 Å². The summed E-state index contributed by atoms with van der Waals surface area (Å²) in [5.41, 5.74) is 1.15. The van der Waals surface area contributed by atoms with Gasteiger partial charge in [0, 0.05) is 28.9 Å². The summed E-state index contributed by atoms with van der Waals surface area (Å²) in [6.07, 6.45) is 5.29. The molecule has 2 N–H and O–H groups in total. The minimum absolute atomic E-state index is 0.0561. The second-order valence-corrected chi connectivity index (χ2v) is 7.44. The van der Waals surface area contributed by atoms with Gasteiger partial charge in [0.1, 0.15) is 0 Å². The molecule has 1 saturated heterocycles. The predicted octanol–water partition coefficient (Wildman–Crippen LogP) is 3.72. The number of anilines is 1. The lowest BCUT2D eigenvalue weighted by Gasteiger charge is -2.06. The van der Waals surface area contributed by atoms with Crippen molar-refractivity contribution in [1.82, 2.24) is 10.3 Å². The summed E-state index contributed by atoms with van der Waals surface area (Å²) in [6.45, 7) is 2.11. The Hall–Kier alpha value is -1.43. The SMILES string of the molecule is O=C(CCC1CCNC1)Nc1ncc(Cc2cccc(Cl)c2)s1. The van der Waals surface area contributed by atoms with Gasteiger partial charge in [-0.3, -0.25) is 4.79 Å². The predicted molar refractivity (Wildman–Crippen MR) is 95.2 cm³/mol. The summed E-state index contributed by atoms with van der Waals surface area (Å²) < 4.78 is 0. The Labute approximate surface area is 145 Å². The van der Waals surface area contributed by atoms with Gasteiger partial charge in [0.2, 0.25) is 5.91 Å². The smallest absolute Gasteiger partial charge is 0.226 e. The summed E-state index contributed by atoms with van der Waals surface area (Å²) in [4.78, 5) is 17.4. The van der Waals surface area contributed by atoms with Crippen LogP contribution in [-0.2, 0) is 11.2 Å². The molecule has 2 heterocycles. The number of amides is 1. The Morgan fingerprint density at radius 1 is 1.48 bits per heavy atom. The molecule has 0 saturated carbocycles. The van der Waals surface area contributed by atoms with Crippen LogP contribution in [0.1, 0.15) is 29.7 Å². The third-order valence-corrected chi connectivity index (χ3v) is 5.16. The maximum Gasteiger partial charge on any atom is 0.226 e. The van der Waals surface area contributed by atoms with Crippen molar-refractivity contribution in [2.24, 2.45) is 5.92 Å². The Morgan fingerprint density at radius 3 is 3.17 bits per heavy atom. The lowest BCUT2D eigenvalue weighted by atomic mass is 10.0. The van der Waals surface area contributed by atoms with Gasteiger partial charge in [-0.25, -0.2) is 4.98 Å². The van der Waals surface area contributed by atoms with E-state index >= 15 is 0 Å². The van der Waals surface area contributed by atoms with Crippen molar-refractivity contribution in [1.29, 1.82) is 0 Å². The molecule has 0 radical (unpaired) electrons. The van der Waals surface area contributed by atoms with Gasteiger partial charge >= 0.3 is 0 Å². The van der Waals surface area contributed by atoms with Crippen LogP contribution in [0, 0.1) is 5.92 Å². The van der Waals surface area contributed by atoms with Crippen molar-refractivity contribution in [3.05, 3.63) is 45.9 Å². The number of carbonyl (C=O) groups is 1. The second-order valence-electron chi connectivity index (χ2n) is 5.88. The molecular formula is C17H20ClN3OS. The molecule has 0 bridgehead atoms. The van der Waals surface area contributed by atoms with Crippen molar-refractivity contribution < 1.29 is 4.79 Å². The van der Waals surface area contributed by atoms with Crippen LogP contribution in [0.3, 0.4) is 0 Å². The highest BCUT2D eigenvalue weighted by molar-refractivity contribution is 7.15. The molecule has 1 aromatic carbocycles. The average molecular weight is 350 g/mol. The van der Waals surface area contributed by atoms with Crippen LogP contribution < -0.4 is 10.6 Å². The molecule has 1 aromatic heterocycles. The number of benzene rings is 1. The normalized spacial score (nSPS) is 17.3. The molecule has 1 amide bonds. The zero-order valence-corrected chi connectivity index (χ0v) is 14.4. The van der Waals surface area contributed by atoms with E-state index < -0.39 is 0 Å². The molecule has 6 heteroatoms. The van der Waals surface area contributed by atoms with E-state index in [1.54, 1.807) is 0 Å². The minimum Gasteiger partial charge on any atom is -0.316 e. The van der Waals surface area contributed by atoms with Gasteiger partial charge < -0.3 is 10.6 Å². The molecule has 2 aromatic rings. The summed E-state index contributed by atoms with van der Waals surface area (Å²) >= 11 is 7.52. The molecule has 3 rings (SSSR count). The summed E-state index contributed by atoms with van der Waals surface area (Å²) in [5.74, 6) is 0.691. The van der Waals surface area contributed by atoms with Crippen LogP contribution in [0.2, 0.25) is 5.02 Å². The van der Waals surface area contributed by atoms with Gasteiger partial charge in [-0.15, -0.1) is 11.3 Å². The fourth-order valence-electron chi connectivity index (χ4n) is 2.77. The van der Waals surface area contributed by atoms with Crippen molar-refractivity contribution in [3.63, 3.8) is 0 Å². The number of halogens is 1. The first-order valence-corrected chi connectivity index (χ1v) is 9.08. The number of hydrogen-bond donors (Lipinski definition) is 2. The number of nitrogens with zero attached hydrogens (tertiary/aromatic N) is 1. The minimum atomic E-state index is 0.0561. The van der Waals surface area contributed by atoms with E-state index in [2.05, 4.69) is 15.6 Å². The summed E-state index contributed by atoms with van der Waals surface area (Å²) in [5, 5.41) is 7.65. The number of thiazole rings is 1. The van der Waals surface area contributed by atoms with Crippen molar-refractivity contribution in [2.45, 2.75) is 25.7 Å². The van der Waals surface area contributed by atoms with Crippen molar-refractivity contribution in [2.75, 3.05) is 18.4 Å². The summed E-state index contributed by atoms with van der Waals surface area (Å²) in [6, 6.07) is 7.80. The first-order chi connectivity index (χ1) is 11.2. The van der Waals surface area contributed by atoms with E-state index in [4.69, 9.17) is 11.6 Å². The van der Waals surface area contributed by atoms with E-state index in [-0.39, 0.29) is 5.91 Å². The van der Waals surface area contributed by atoms with Crippen LogP contribution in [0.4, 0.5) is 5.13 Å². The topological polar surface area (TPSA) is 54.0 Å². The van der Waals surface area contributed by atoms with Crippen LogP contribution in [0.5, 0.6) is 0 Å². The third kappa shape index (κ3) is 5.03. The second kappa shape index (κ2) is 7.90. The zero-order chi connectivity index (χ0) is 16.1. The Balaban J connectivity index is 1.49. The number of aromatic nitrogens is 1. The van der Waals surface area contributed by atoms with Crippen molar-refractivity contribution >= 4 is 34.0 Å². The fraction of sp³-hybridized carbons (Fsp3) is 0.412. The Kier molecular flexibility index (Phi) is 5.65. The quantitative estimate of drug-likeness (QED) is 0.835. The molecular weight excluding hydrogens is 330 g/mol. The average Bonchev–Trinajstić information content (AvgIpc) is 3.17. The van der Waals surface area contributed by atoms with E-state index in [9.17, 15) is 4.79 Å². The molecule has 0 aliphatic carbocycles. The summed E-state index contributed by atoms with van der Waals surface area (Å²) in [7, 11) is 0. The molecule has 4 nitrogen and oxygen atoms in total. The zero-order valence-electron chi connectivity index (χ0n) is 12.8. The molecule has 0 spiro atoms. The molecule has 1 aliphatic heterocycles. The first-order valence-electron chi connectivity index (χ1n) is 7.89. The Bertz CT molecular complexity index is 667. The molecule has 1 unspecified atom stereocenters.